The molecule has 0 radical (unpaired) electrons. The van der Waals surface area contributed by atoms with Crippen molar-refractivity contribution in [1.29, 1.82) is 0 Å². The first-order chi connectivity index (χ1) is 6.83. The van der Waals surface area contributed by atoms with Crippen LogP contribution in [-0.2, 0) is 6.42 Å². The molecule has 0 amide bonds. The molecule has 0 atom stereocenters. The molecule has 1 N–H and O–H groups in total. The maximum atomic E-state index is 8.73. The molecule has 0 unspecified atom stereocenters. The summed E-state index contributed by atoms with van der Waals surface area (Å²) in [6, 6.07) is 3.99. The molecule has 0 bridgehead atoms. The molecule has 0 saturated heterocycles. The van der Waals surface area contributed by atoms with E-state index in [0.29, 0.717) is 0 Å². The van der Waals surface area contributed by atoms with Crippen molar-refractivity contribution < 1.29 is 5.11 Å². The van der Waals surface area contributed by atoms with Gasteiger partial charge >= 0.3 is 0 Å². The van der Waals surface area contributed by atoms with E-state index < -0.39 is 0 Å². The first-order valence-corrected chi connectivity index (χ1v) is 4.73. The van der Waals surface area contributed by atoms with Gasteiger partial charge in [-0.1, -0.05) is 6.07 Å². The van der Waals surface area contributed by atoms with Crippen LogP contribution in [0.2, 0.25) is 0 Å². The van der Waals surface area contributed by atoms with Gasteiger partial charge in [0.15, 0.2) is 5.65 Å². The summed E-state index contributed by atoms with van der Waals surface area (Å²) in [4.78, 5) is 0. The van der Waals surface area contributed by atoms with Crippen LogP contribution in [0, 0.1) is 6.92 Å². The second-order valence-corrected chi connectivity index (χ2v) is 3.33. The van der Waals surface area contributed by atoms with Crippen molar-refractivity contribution in [3.05, 3.63) is 29.7 Å². The Bertz CT molecular complexity index is 436. The fourth-order valence-corrected chi connectivity index (χ4v) is 1.50. The molecule has 0 aliphatic rings. The topological polar surface area (TPSA) is 50.4 Å². The normalized spacial score (nSPS) is 11.0. The van der Waals surface area contributed by atoms with Gasteiger partial charge in [0, 0.05) is 19.2 Å². The van der Waals surface area contributed by atoms with E-state index in [1.54, 1.807) is 0 Å². The van der Waals surface area contributed by atoms with Crippen molar-refractivity contribution in [2.75, 3.05) is 6.61 Å². The van der Waals surface area contributed by atoms with Crippen molar-refractivity contribution in [3.8, 4) is 0 Å². The minimum Gasteiger partial charge on any atom is -0.396 e. The fraction of sp³-hybridized carbons (Fsp3) is 0.400. The lowest BCUT2D eigenvalue weighted by Gasteiger charge is -1.99. The second kappa shape index (κ2) is 3.75. The summed E-state index contributed by atoms with van der Waals surface area (Å²) in [6.45, 7) is 2.21. The van der Waals surface area contributed by atoms with Crippen LogP contribution in [0.15, 0.2) is 18.3 Å². The van der Waals surface area contributed by atoms with Crippen LogP contribution < -0.4 is 0 Å². The zero-order valence-corrected chi connectivity index (χ0v) is 8.14. The van der Waals surface area contributed by atoms with Crippen molar-refractivity contribution in [1.82, 2.24) is 14.6 Å². The number of aryl methyl sites for hydroxylation is 2. The third kappa shape index (κ3) is 1.48. The van der Waals surface area contributed by atoms with Crippen molar-refractivity contribution in [2.24, 2.45) is 0 Å². The molecule has 4 nitrogen and oxygen atoms in total. The Morgan fingerprint density at radius 2 is 2.29 bits per heavy atom. The average molecular weight is 191 g/mol. The zero-order chi connectivity index (χ0) is 9.97. The number of pyridine rings is 1. The lowest BCUT2D eigenvalue weighted by molar-refractivity contribution is 0.287. The minimum absolute atomic E-state index is 0.195. The van der Waals surface area contributed by atoms with Crippen LogP contribution in [-0.4, -0.2) is 26.3 Å². The number of nitrogens with zero attached hydrogens (tertiary/aromatic N) is 3. The molecule has 2 heterocycles. The molecule has 0 saturated carbocycles. The summed E-state index contributed by atoms with van der Waals surface area (Å²) in [5.41, 5.74) is 2.02. The summed E-state index contributed by atoms with van der Waals surface area (Å²) in [5.74, 6) is 0.915. The van der Waals surface area contributed by atoms with E-state index in [9.17, 15) is 0 Å². The minimum atomic E-state index is 0.195. The standard InChI is InChI=1S/C10H13N3O/c1-8-4-2-6-13-9(5-3-7-14)11-12-10(8)13/h2,4,6,14H,3,5,7H2,1H3. The number of rotatable bonds is 3. The van der Waals surface area contributed by atoms with E-state index in [1.165, 1.54) is 0 Å². The Labute approximate surface area is 82.2 Å². The summed E-state index contributed by atoms with van der Waals surface area (Å²) < 4.78 is 1.98. The van der Waals surface area contributed by atoms with Gasteiger partial charge in [0.05, 0.1) is 0 Å². The van der Waals surface area contributed by atoms with Crippen LogP contribution >= 0.6 is 0 Å². The molecule has 0 fully saturated rings. The van der Waals surface area contributed by atoms with Crippen LogP contribution in [0.4, 0.5) is 0 Å². The van der Waals surface area contributed by atoms with Crippen molar-refractivity contribution in [2.45, 2.75) is 19.8 Å². The zero-order valence-electron chi connectivity index (χ0n) is 8.14. The summed E-state index contributed by atoms with van der Waals surface area (Å²) in [6.07, 6.45) is 3.45. The quantitative estimate of drug-likeness (QED) is 0.786. The molecule has 0 aromatic carbocycles. The molecule has 74 valence electrons. The third-order valence-corrected chi connectivity index (χ3v) is 2.26. The van der Waals surface area contributed by atoms with Gasteiger partial charge in [0.25, 0.3) is 0 Å². The van der Waals surface area contributed by atoms with Crippen LogP contribution in [0.25, 0.3) is 5.65 Å². The van der Waals surface area contributed by atoms with Gasteiger partial charge in [-0.05, 0) is 25.0 Å². The Morgan fingerprint density at radius 3 is 3.07 bits per heavy atom. The largest absolute Gasteiger partial charge is 0.396 e. The van der Waals surface area contributed by atoms with E-state index >= 15 is 0 Å². The highest BCUT2D eigenvalue weighted by atomic mass is 16.2. The van der Waals surface area contributed by atoms with Gasteiger partial charge in [0.2, 0.25) is 0 Å². The van der Waals surface area contributed by atoms with E-state index in [-0.39, 0.29) is 6.61 Å². The lowest BCUT2D eigenvalue weighted by Crippen LogP contribution is -1.97. The highest BCUT2D eigenvalue weighted by Crippen LogP contribution is 2.09. The molecular weight excluding hydrogens is 178 g/mol. The predicted molar refractivity (Wildman–Crippen MR) is 53.1 cm³/mol. The molecular formula is C10H13N3O. The fourth-order valence-electron chi connectivity index (χ4n) is 1.50. The second-order valence-electron chi connectivity index (χ2n) is 3.33. The number of aromatic nitrogens is 3. The molecule has 0 aliphatic carbocycles. The van der Waals surface area contributed by atoms with Crippen molar-refractivity contribution in [3.63, 3.8) is 0 Å². The van der Waals surface area contributed by atoms with Gasteiger partial charge in [-0.3, -0.25) is 4.40 Å². The predicted octanol–water partition coefficient (Wildman–Crippen LogP) is 0.963. The van der Waals surface area contributed by atoms with Gasteiger partial charge < -0.3 is 5.11 Å². The van der Waals surface area contributed by atoms with Crippen LogP contribution in [0.5, 0.6) is 0 Å². The highest BCUT2D eigenvalue weighted by Gasteiger charge is 2.05. The number of aliphatic hydroxyl groups is 1. The number of aliphatic hydroxyl groups excluding tert-OH is 1. The summed E-state index contributed by atoms with van der Waals surface area (Å²) >= 11 is 0. The Hall–Kier alpha value is -1.42. The summed E-state index contributed by atoms with van der Waals surface area (Å²) in [5, 5.41) is 16.9. The monoisotopic (exact) mass is 191 g/mol. The van der Waals surface area contributed by atoms with Gasteiger partial charge in [0.1, 0.15) is 5.82 Å². The molecule has 2 rings (SSSR count). The average Bonchev–Trinajstić information content (AvgIpc) is 2.60. The maximum absolute atomic E-state index is 8.73. The van der Waals surface area contributed by atoms with E-state index in [4.69, 9.17) is 5.11 Å². The Balaban J connectivity index is 2.42. The SMILES string of the molecule is Cc1cccn2c(CCCO)nnc12. The number of fused-ring (bicyclic) bond motifs is 1. The lowest BCUT2D eigenvalue weighted by atomic mass is 10.3. The third-order valence-electron chi connectivity index (χ3n) is 2.26. The van der Waals surface area contributed by atoms with Crippen LogP contribution in [0.3, 0.4) is 0 Å². The van der Waals surface area contributed by atoms with Gasteiger partial charge in [-0.15, -0.1) is 10.2 Å². The van der Waals surface area contributed by atoms with Gasteiger partial charge in [-0.25, -0.2) is 0 Å². The first-order valence-electron chi connectivity index (χ1n) is 4.73. The van der Waals surface area contributed by atoms with E-state index in [1.807, 2.05) is 29.7 Å². The first kappa shape index (κ1) is 9.15. The molecule has 0 aliphatic heterocycles. The molecule has 14 heavy (non-hydrogen) atoms. The van der Waals surface area contributed by atoms with Gasteiger partial charge in [-0.2, -0.15) is 0 Å². The molecule has 2 aromatic heterocycles. The molecule has 4 heteroatoms. The van der Waals surface area contributed by atoms with E-state index in [0.717, 1.165) is 29.9 Å². The van der Waals surface area contributed by atoms with Crippen LogP contribution in [0.1, 0.15) is 17.8 Å². The maximum Gasteiger partial charge on any atom is 0.163 e. The summed E-state index contributed by atoms with van der Waals surface area (Å²) in [7, 11) is 0. The van der Waals surface area contributed by atoms with Crippen molar-refractivity contribution >= 4 is 5.65 Å². The Morgan fingerprint density at radius 1 is 1.43 bits per heavy atom. The Kier molecular flexibility index (Phi) is 2.45. The smallest absolute Gasteiger partial charge is 0.163 e. The highest BCUT2D eigenvalue weighted by molar-refractivity contribution is 5.46. The number of hydrogen-bond acceptors (Lipinski definition) is 3. The molecule has 0 spiro atoms. The number of hydrogen-bond donors (Lipinski definition) is 1. The molecule has 2 aromatic rings. The van der Waals surface area contributed by atoms with E-state index in [2.05, 4.69) is 10.2 Å².